The van der Waals surface area contributed by atoms with Crippen molar-refractivity contribution in [2.75, 3.05) is 0 Å². The van der Waals surface area contributed by atoms with Gasteiger partial charge in [0, 0.05) is 27.7 Å². The van der Waals surface area contributed by atoms with Crippen molar-refractivity contribution in [1.29, 1.82) is 0 Å². The van der Waals surface area contributed by atoms with E-state index in [0.717, 1.165) is 10.9 Å². The van der Waals surface area contributed by atoms with Crippen LogP contribution in [-0.2, 0) is 0 Å². The van der Waals surface area contributed by atoms with Crippen LogP contribution >= 0.6 is 27.9 Å². The summed E-state index contributed by atoms with van der Waals surface area (Å²) in [6.45, 7) is 14.8. The summed E-state index contributed by atoms with van der Waals surface area (Å²) in [6, 6.07) is 4.30. The number of nitrogens with zero attached hydrogens (tertiary/aromatic N) is 1. The first kappa shape index (κ1) is 22.5. The molecule has 0 saturated carbocycles. The first-order chi connectivity index (χ1) is 9.70. The Kier molecular flexibility index (Phi) is 13.9. The van der Waals surface area contributed by atoms with E-state index in [1.54, 1.807) is 24.3 Å². The lowest BCUT2D eigenvalue weighted by atomic mass is 10.1. The molecule has 21 heavy (non-hydrogen) atoms. The summed E-state index contributed by atoms with van der Waals surface area (Å²) in [5.74, 6) is 0. The average Bonchev–Trinajstić information content (AvgIpc) is 2.39. The molecule has 1 aromatic heterocycles. The van der Waals surface area contributed by atoms with E-state index >= 15 is 0 Å². The van der Waals surface area contributed by atoms with Crippen LogP contribution in [0.15, 0.2) is 41.2 Å². The fourth-order valence-corrected chi connectivity index (χ4v) is 2.05. The molecule has 1 N–H and O–H groups in total. The van der Waals surface area contributed by atoms with Crippen LogP contribution in [0, 0.1) is 12.8 Å². The number of hydrogen-bond acceptors (Lipinski definition) is 3. The standard InChI is InChI=1S/C10H21NS.C5H4BrN.C2H2/c1-8(2)7-9(3)11-12-10(4,5)6;6-5-1-3-7-4-2-5;1-2/h9,11H,1,7H2,2-6H3;1-4H;1-2H/t9-;;/m0../s1. The molecule has 1 heterocycles. The Morgan fingerprint density at radius 3 is 2.14 bits per heavy atom. The third-order valence-corrected chi connectivity index (χ3v) is 3.52. The summed E-state index contributed by atoms with van der Waals surface area (Å²) in [5, 5.41) is 0. The number of nitrogens with one attached hydrogen (secondary N) is 1. The van der Waals surface area contributed by atoms with Gasteiger partial charge in [0.1, 0.15) is 0 Å². The lowest BCUT2D eigenvalue weighted by Gasteiger charge is -2.21. The minimum Gasteiger partial charge on any atom is -0.265 e. The molecule has 118 valence electrons. The van der Waals surface area contributed by atoms with Gasteiger partial charge in [-0.25, -0.2) is 0 Å². The smallest absolute Gasteiger partial charge is 0.0279 e. The van der Waals surface area contributed by atoms with Crippen molar-refractivity contribution in [2.24, 2.45) is 0 Å². The van der Waals surface area contributed by atoms with E-state index in [1.807, 2.05) is 12.1 Å². The Morgan fingerprint density at radius 1 is 1.38 bits per heavy atom. The summed E-state index contributed by atoms with van der Waals surface area (Å²) < 4.78 is 4.78. The van der Waals surface area contributed by atoms with Crippen LogP contribution in [0.25, 0.3) is 0 Å². The van der Waals surface area contributed by atoms with Crippen molar-refractivity contribution in [3.63, 3.8) is 0 Å². The van der Waals surface area contributed by atoms with Crippen molar-refractivity contribution in [3.8, 4) is 12.8 Å². The maximum absolute atomic E-state index is 4.00. The van der Waals surface area contributed by atoms with Crippen LogP contribution in [-0.4, -0.2) is 15.8 Å². The number of pyridine rings is 1. The molecule has 0 fully saturated rings. The first-order valence-electron chi connectivity index (χ1n) is 6.67. The van der Waals surface area contributed by atoms with Crippen molar-refractivity contribution in [1.82, 2.24) is 9.71 Å². The van der Waals surface area contributed by atoms with Crippen molar-refractivity contribution < 1.29 is 0 Å². The summed E-state index contributed by atoms with van der Waals surface area (Å²) in [5.41, 5.74) is 1.24. The van der Waals surface area contributed by atoms with Crippen molar-refractivity contribution in [3.05, 3.63) is 41.2 Å². The second-order valence-corrected chi connectivity index (χ2v) is 8.14. The van der Waals surface area contributed by atoms with E-state index < -0.39 is 0 Å². The molecule has 1 atom stereocenters. The van der Waals surface area contributed by atoms with Crippen LogP contribution in [0.2, 0.25) is 0 Å². The van der Waals surface area contributed by atoms with Crippen LogP contribution in [0.3, 0.4) is 0 Å². The van der Waals surface area contributed by atoms with Gasteiger partial charge in [0.15, 0.2) is 0 Å². The minimum absolute atomic E-state index is 0.295. The zero-order chi connectivity index (χ0) is 16.9. The number of rotatable bonds is 4. The molecule has 0 aliphatic carbocycles. The van der Waals surface area contributed by atoms with Gasteiger partial charge >= 0.3 is 0 Å². The summed E-state index contributed by atoms with van der Waals surface area (Å²) >= 11 is 5.06. The quantitative estimate of drug-likeness (QED) is 0.432. The maximum Gasteiger partial charge on any atom is 0.0279 e. The van der Waals surface area contributed by atoms with E-state index in [9.17, 15) is 0 Å². The third kappa shape index (κ3) is 19.2. The van der Waals surface area contributed by atoms with Gasteiger partial charge in [-0.05, 0) is 53.2 Å². The maximum atomic E-state index is 4.00. The molecular weight excluding hydrogens is 344 g/mol. The third-order valence-electron chi connectivity index (χ3n) is 1.86. The lowest BCUT2D eigenvalue weighted by molar-refractivity contribution is 0.672. The van der Waals surface area contributed by atoms with Gasteiger partial charge in [-0.15, -0.1) is 19.4 Å². The van der Waals surface area contributed by atoms with E-state index in [2.05, 4.69) is 79.7 Å². The molecule has 0 aromatic carbocycles. The molecule has 0 spiro atoms. The topological polar surface area (TPSA) is 24.9 Å². The molecule has 0 radical (unpaired) electrons. The van der Waals surface area contributed by atoms with E-state index in [1.165, 1.54) is 5.57 Å². The number of terminal acetylenes is 1. The van der Waals surface area contributed by atoms with Gasteiger partial charge in [-0.3, -0.25) is 9.71 Å². The summed E-state index contributed by atoms with van der Waals surface area (Å²) in [7, 11) is 0. The Balaban J connectivity index is 0. The highest BCUT2D eigenvalue weighted by Gasteiger charge is 2.12. The fraction of sp³-hybridized carbons (Fsp3) is 0.471. The highest BCUT2D eigenvalue weighted by Crippen LogP contribution is 2.20. The Bertz CT molecular complexity index is 396. The fourth-order valence-electron chi connectivity index (χ4n) is 1.18. The number of halogens is 1. The normalized spacial score (nSPS) is 11.2. The number of hydrogen-bond donors (Lipinski definition) is 1. The van der Waals surface area contributed by atoms with Gasteiger partial charge in [0.25, 0.3) is 0 Å². The summed E-state index contributed by atoms with van der Waals surface area (Å²) in [6.07, 6.45) is 12.5. The van der Waals surface area contributed by atoms with Gasteiger partial charge in [0.05, 0.1) is 0 Å². The Morgan fingerprint density at radius 2 is 1.86 bits per heavy atom. The van der Waals surface area contributed by atoms with Gasteiger partial charge < -0.3 is 0 Å². The van der Waals surface area contributed by atoms with E-state index in [4.69, 9.17) is 0 Å². The highest BCUT2D eigenvalue weighted by molar-refractivity contribution is 9.10. The van der Waals surface area contributed by atoms with Gasteiger partial charge in [-0.2, -0.15) is 0 Å². The minimum atomic E-state index is 0.295. The Hall–Kier alpha value is -0.760. The van der Waals surface area contributed by atoms with Crippen molar-refractivity contribution >= 4 is 27.9 Å². The molecular formula is C17H27BrN2S. The second-order valence-electron chi connectivity index (χ2n) is 5.56. The predicted octanol–water partition coefficient (Wildman–Crippen LogP) is 5.47. The van der Waals surface area contributed by atoms with E-state index in [0.29, 0.717) is 10.8 Å². The predicted molar refractivity (Wildman–Crippen MR) is 101 cm³/mol. The molecule has 0 amide bonds. The Labute approximate surface area is 143 Å². The zero-order valence-electron chi connectivity index (χ0n) is 13.7. The lowest BCUT2D eigenvalue weighted by Crippen LogP contribution is -2.25. The van der Waals surface area contributed by atoms with Crippen molar-refractivity contribution in [2.45, 2.75) is 51.8 Å². The molecule has 0 unspecified atom stereocenters. The zero-order valence-corrected chi connectivity index (χ0v) is 16.1. The SMILES string of the molecule is Brc1ccncc1.C#C.C=C(C)C[C@H](C)NSC(C)(C)C. The van der Waals surface area contributed by atoms with Gasteiger partial charge in [-0.1, -0.05) is 33.5 Å². The van der Waals surface area contributed by atoms with Gasteiger partial charge in [0.2, 0.25) is 0 Å². The molecule has 1 rings (SSSR count). The molecule has 1 aromatic rings. The van der Waals surface area contributed by atoms with Crippen LogP contribution in [0.5, 0.6) is 0 Å². The molecule has 4 heteroatoms. The first-order valence-corrected chi connectivity index (χ1v) is 8.28. The second kappa shape index (κ2) is 12.9. The molecule has 0 saturated heterocycles. The monoisotopic (exact) mass is 370 g/mol. The molecule has 0 aliphatic heterocycles. The molecule has 0 aliphatic rings. The van der Waals surface area contributed by atoms with Crippen LogP contribution in [0.1, 0.15) is 41.0 Å². The molecule has 0 bridgehead atoms. The van der Waals surface area contributed by atoms with Crippen LogP contribution < -0.4 is 4.72 Å². The number of aromatic nitrogens is 1. The largest absolute Gasteiger partial charge is 0.265 e. The summed E-state index contributed by atoms with van der Waals surface area (Å²) in [4.78, 5) is 3.82. The highest BCUT2D eigenvalue weighted by atomic mass is 79.9. The van der Waals surface area contributed by atoms with E-state index in [-0.39, 0.29) is 0 Å². The average molecular weight is 371 g/mol. The molecule has 2 nitrogen and oxygen atoms in total. The van der Waals surface area contributed by atoms with Crippen LogP contribution in [0.4, 0.5) is 0 Å².